The van der Waals surface area contributed by atoms with Gasteiger partial charge in [0.15, 0.2) is 8.32 Å². The molecule has 0 aliphatic carbocycles. The van der Waals surface area contributed by atoms with Crippen molar-refractivity contribution in [2.45, 2.75) is 58.3 Å². The highest BCUT2D eigenvalue weighted by Crippen LogP contribution is 2.37. The van der Waals surface area contributed by atoms with Gasteiger partial charge < -0.3 is 8.99 Å². The van der Waals surface area contributed by atoms with Crippen LogP contribution in [0.15, 0.2) is 24.8 Å². The van der Waals surface area contributed by atoms with Crippen LogP contribution >= 0.6 is 0 Å². The van der Waals surface area contributed by atoms with Crippen molar-refractivity contribution in [3.05, 3.63) is 24.8 Å². The summed E-state index contributed by atoms with van der Waals surface area (Å²) in [6, 6.07) is 2.06. The Hall–Kier alpha value is -1.20. The van der Waals surface area contributed by atoms with Crippen molar-refractivity contribution in [1.82, 2.24) is 14.5 Å². The lowest BCUT2D eigenvalue weighted by molar-refractivity contribution is 0.172. The summed E-state index contributed by atoms with van der Waals surface area (Å²) in [6.07, 6.45) is 5.53. The zero-order valence-electron chi connectivity index (χ0n) is 14.3. The molecule has 116 valence electrons. The molecule has 0 saturated carbocycles. The summed E-state index contributed by atoms with van der Waals surface area (Å²) in [7, 11) is -1.74. The topological polar surface area (TPSA) is 39.9 Å². The van der Waals surface area contributed by atoms with Crippen molar-refractivity contribution in [2.24, 2.45) is 0 Å². The van der Waals surface area contributed by atoms with Gasteiger partial charge in [-0.3, -0.25) is 0 Å². The van der Waals surface area contributed by atoms with Crippen LogP contribution in [0.5, 0.6) is 0 Å². The number of hydrogen-bond donors (Lipinski definition) is 0. The van der Waals surface area contributed by atoms with E-state index in [4.69, 9.17) is 4.43 Å². The smallest absolute Gasteiger partial charge is 0.192 e. The van der Waals surface area contributed by atoms with Gasteiger partial charge in [-0.25, -0.2) is 9.97 Å². The first kappa shape index (κ1) is 16.2. The zero-order valence-corrected chi connectivity index (χ0v) is 15.3. The van der Waals surface area contributed by atoms with Gasteiger partial charge in [-0.1, -0.05) is 20.8 Å². The van der Waals surface area contributed by atoms with Crippen LogP contribution in [0.2, 0.25) is 18.1 Å². The zero-order chi connectivity index (χ0) is 15.9. The SMILES string of the molecule is CC(C)(CO[Si](C)(C)C(C)(C)C)n1ccc2cncnc21. The van der Waals surface area contributed by atoms with Crippen molar-refractivity contribution in [3.8, 4) is 0 Å². The highest BCUT2D eigenvalue weighted by Gasteiger charge is 2.38. The minimum atomic E-state index is -1.74. The van der Waals surface area contributed by atoms with Crippen LogP contribution in [0.4, 0.5) is 0 Å². The van der Waals surface area contributed by atoms with Crippen molar-refractivity contribution in [1.29, 1.82) is 0 Å². The maximum absolute atomic E-state index is 6.41. The molecule has 2 heterocycles. The molecule has 4 nitrogen and oxygen atoms in total. The maximum atomic E-state index is 6.41. The molecule has 0 aliphatic rings. The third kappa shape index (κ3) is 3.19. The third-order valence-electron chi connectivity index (χ3n) is 4.59. The summed E-state index contributed by atoms with van der Waals surface area (Å²) in [4.78, 5) is 8.49. The van der Waals surface area contributed by atoms with Gasteiger partial charge in [0, 0.05) is 17.8 Å². The summed E-state index contributed by atoms with van der Waals surface area (Å²) in [5, 5.41) is 1.29. The van der Waals surface area contributed by atoms with E-state index in [-0.39, 0.29) is 10.6 Å². The molecule has 2 rings (SSSR count). The Bertz CT molecular complexity index is 626. The minimum absolute atomic E-state index is 0.133. The summed E-state index contributed by atoms with van der Waals surface area (Å²) in [5.41, 5.74) is 0.833. The molecule has 0 aromatic carbocycles. The van der Waals surface area contributed by atoms with E-state index in [2.05, 4.69) is 74.5 Å². The summed E-state index contributed by atoms with van der Waals surface area (Å²) >= 11 is 0. The molecule has 2 aromatic heterocycles. The van der Waals surface area contributed by atoms with Gasteiger partial charge in [0.1, 0.15) is 12.0 Å². The van der Waals surface area contributed by atoms with Crippen LogP contribution < -0.4 is 0 Å². The molecular formula is C16H27N3OSi. The Kier molecular flexibility index (Phi) is 4.01. The number of hydrogen-bond acceptors (Lipinski definition) is 3. The predicted octanol–water partition coefficient (Wildman–Crippen LogP) is 4.19. The van der Waals surface area contributed by atoms with Crippen molar-refractivity contribution >= 4 is 19.4 Å². The van der Waals surface area contributed by atoms with Crippen LogP contribution in [-0.4, -0.2) is 29.5 Å². The van der Waals surface area contributed by atoms with E-state index in [1.165, 1.54) is 0 Å². The molecule has 0 fully saturated rings. The highest BCUT2D eigenvalue weighted by molar-refractivity contribution is 6.74. The quantitative estimate of drug-likeness (QED) is 0.795. The van der Waals surface area contributed by atoms with Crippen LogP contribution in [0.3, 0.4) is 0 Å². The van der Waals surface area contributed by atoms with Crippen LogP contribution in [0.25, 0.3) is 11.0 Å². The standard InChI is InChI=1S/C16H27N3OSi/c1-15(2,3)21(6,7)20-11-16(4,5)19-9-8-13-10-17-12-18-14(13)19/h8-10,12H,11H2,1-7H3. The van der Waals surface area contributed by atoms with Crippen molar-refractivity contribution in [3.63, 3.8) is 0 Å². The second kappa shape index (κ2) is 5.21. The lowest BCUT2D eigenvalue weighted by Crippen LogP contribution is -2.45. The van der Waals surface area contributed by atoms with E-state index in [0.717, 1.165) is 11.0 Å². The van der Waals surface area contributed by atoms with E-state index in [1.54, 1.807) is 6.33 Å². The molecular weight excluding hydrogens is 278 g/mol. The molecule has 0 atom stereocenters. The molecule has 0 radical (unpaired) electrons. The fourth-order valence-corrected chi connectivity index (χ4v) is 3.16. The first-order valence-electron chi connectivity index (χ1n) is 7.46. The normalized spacial score (nSPS) is 13.9. The number of rotatable bonds is 4. The van der Waals surface area contributed by atoms with Gasteiger partial charge in [-0.15, -0.1) is 0 Å². The van der Waals surface area contributed by atoms with Gasteiger partial charge in [0.25, 0.3) is 0 Å². The molecule has 2 aromatic rings. The maximum Gasteiger partial charge on any atom is 0.192 e. The Labute approximate surface area is 128 Å². The first-order chi connectivity index (χ1) is 9.55. The van der Waals surface area contributed by atoms with Gasteiger partial charge in [-0.05, 0) is 38.0 Å². The second-order valence-electron chi connectivity index (χ2n) is 7.85. The van der Waals surface area contributed by atoms with Gasteiger partial charge in [0.05, 0.1) is 12.1 Å². The minimum Gasteiger partial charge on any atom is -0.414 e. The molecule has 0 saturated heterocycles. The third-order valence-corrected chi connectivity index (χ3v) is 9.07. The number of aromatic nitrogens is 3. The molecule has 0 amide bonds. The lowest BCUT2D eigenvalue weighted by Gasteiger charge is -2.39. The Morgan fingerprint density at radius 2 is 1.86 bits per heavy atom. The number of fused-ring (bicyclic) bond motifs is 1. The largest absolute Gasteiger partial charge is 0.414 e. The molecule has 0 N–H and O–H groups in total. The Morgan fingerprint density at radius 3 is 2.48 bits per heavy atom. The van der Waals surface area contributed by atoms with Gasteiger partial charge in [0.2, 0.25) is 0 Å². The molecule has 0 aliphatic heterocycles. The van der Waals surface area contributed by atoms with E-state index < -0.39 is 8.32 Å². The van der Waals surface area contributed by atoms with Gasteiger partial charge >= 0.3 is 0 Å². The van der Waals surface area contributed by atoms with E-state index >= 15 is 0 Å². The Morgan fingerprint density at radius 1 is 1.19 bits per heavy atom. The monoisotopic (exact) mass is 305 g/mol. The number of nitrogens with zero attached hydrogens (tertiary/aromatic N) is 3. The summed E-state index contributed by atoms with van der Waals surface area (Å²) in [5.74, 6) is 0. The van der Waals surface area contributed by atoms with E-state index in [9.17, 15) is 0 Å². The Balaban J connectivity index is 2.23. The van der Waals surface area contributed by atoms with E-state index in [1.807, 2.05) is 6.20 Å². The summed E-state index contributed by atoms with van der Waals surface area (Å²) < 4.78 is 8.60. The van der Waals surface area contributed by atoms with Crippen LogP contribution in [-0.2, 0) is 9.96 Å². The molecule has 0 unspecified atom stereocenters. The lowest BCUT2D eigenvalue weighted by atomic mass is 10.1. The molecule has 0 spiro atoms. The summed E-state index contributed by atoms with van der Waals surface area (Å²) in [6.45, 7) is 16.5. The average Bonchev–Trinajstić information content (AvgIpc) is 2.80. The molecule has 21 heavy (non-hydrogen) atoms. The van der Waals surface area contributed by atoms with Gasteiger partial charge in [-0.2, -0.15) is 0 Å². The van der Waals surface area contributed by atoms with Crippen LogP contribution in [0, 0.1) is 0 Å². The van der Waals surface area contributed by atoms with E-state index in [0.29, 0.717) is 6.61 Å². The highest BCUT2D eigenvalue weighted by atomic mass is 28.4. The average molecular weight is 305 g/mol. The fraction of sp³-hybridized carbons (Fsp3) is 0.625. The molecule has 5 heteroatoms. The van der Waals surface area contributed by atoms with Crippen molar-refractivity contribution < 1.29 is 4.43 Å². The first-order valence-corrected chi connectivity index (χ1v) is 10.4. The fourth-order valence-electron chi connectivity index (χ4n) is 2.01. The molecule has 0 bridgehead atoms. The second-order valence-corrected chi connectivity index (χ2v) is 12.7. The van der Waals surface area contributed by atoms with Crippen molar-refractivity contribution in [2.75, 3.05) is 6.61 Å². The predicted molar refractivity (Wildman–Crippen MR) is 90.0 cm³/mol. The van der Waals surface area contributed by atoms with Crippen LogP contribution in [0.1, 0.15) is 34.6 Å².